The number of nitrogens with one attached hydrogen (secondary N) is 2. The second-order valence-corrected chi connectivity index (χ2v) is 6.06. The second kappa shape index (κ2) is 9.21. The summed E-state index contributed by atoms with van der Waals surface area (Å²) in [5.74, 6) is 1.34. The smallest absolute Gasteiger partial charge is 0.271 e. The van der Waals surface area contributed by atoms with E-state index in [1.165, 1.54) is 18.2 Å². The van der Waals surface area contributed by atoms with E-state index in [9.17, 15) is 10.1 Å². The van der Waals surface area contributed by atoms with Gasteiger partial charge in [0.1, 0.15) is 0 Å². The Labute approximate surface area is 161 Å². The molecule has 0 radical (unpaired) electrons. The number of nitrogens with zero attached hydrogens (tertiary/aromatic N) is 1. The van der Waals surface area contributed by atoms with Gasteiger partial charge in [-0.25, -0.2) is 0 Å². The molecular weight excluding hydrogens is 378 g/mol. The standard InChI is InChI=1S/C17H18ClN3O4S/c1-24-15-6-3-11(9-16(15)25-2)7-8-19-17(26)20-14-5-4-12(21(22)23)10-13(14)18/h3-6,9-10H,7-8H2,1-2H3,(H2,19,20,26). The maximum absolute atomic E-state index is 10.7. The molecule has 0 saturated carbocycles. The predicted octanol–water partition coefficient (Wildman–Crippen LogP) is 3.79. The van der Waals surface area contributed by atoms with Crippen LogP contribution in [0.15, 0.2) is 36.4 Å². The molecule has 0 fully saturated rings. The third-order valence-electron chi connectivity index (χ3n) is 3.56. The summed E-state index contributed by atoms with van der Waals surface area (Å²) in [5.41, 5.74) is 1.49. The molecule has 0 bridgehead atoms. The lowest BCUT2D eigenvalue weighted by atomic mass is 10.1. The van der Waals surface area contributed by atoms with Crippen LogP contribution in [-0.4, -0.2) is 30.8 Å². The van der Waals surface area contributed by atoms with Gasteiger partial charge in [-0.1, -0.05) is 17.7 Å². The van der Waals surface area contributed by atoms with Gasteiger partial charge < -0.3 is 20.1 Å². The number of rotatable bonds is 7. The third-order valence-corrected chi connectivity index (χ3v) is 4.12. The van der Waals surface area contributed by atoms with Crippen molar-refractivity contribution in [1.82, 2.24) is 5.32 Å². The van der Waals surface area contributed by atoms with Gasteiger partial charge in [-0.15, -0.1) is 0 Å². The molecule has 2 rings (SSSR count). The van der Waals surface area contributed by atoms with E-state index in [4.69, 9.17) is 33.3 Å². The number of thiocarbonyl (C=S) groups is 1. The summed E-state index contributed by atoms with van der Waals surface area (Å²) in [6.45, 7) is 0.589. The van der Waals surface area contributed by atoms with Gasteiger partial charge in [0.2, 0.25) is 0 Å². The highest BCUT2D eigenvalue weighted by Crippen LogP contribution is 2.28. The number of ether oxygens (including phenoxy) is 2. The first kappa shape index (κ1) is 19.7. The largest absolute Gasteiger partial charge is 0.493 e. The molecule has 2 N–H and O–H groups in total. The fourth-order valence-electron chi connectivity index (χ4n) is 2.24. The lowest BCUT2D eigenvalue weighted by Gasteiger charge is -2.13. The van der Waals surface area contributed by atoms with Gasteiger partial charge in [0.15, 0.2) is 16.6 Å². The van der Waals surface area contributed by atoms with E-state index in [1.54, 1.807) is 14.2 Å². The number of benzene rings is 2. The number of hydrogen-bond donors (Lipinski definition) is 2. The number of hydrogen-bond acceptors (Lipinski definition) is 5. The molecule has 0 aliphatic carbocycles. The van der Waals surface area contributed by atoms with Crippen LogP contribution in [0.2, 0.25) is 5.02 Å². The van der Waals surface area contributed by atoms with Crippen LogP contribution in [0.25, 0.3) is 0 Å². The molecule has 9 heteroatoms. The van der Waals surface area contributed by atoms with Crippen LogP contribution in [-0.2, 0) is 6.42 Å². The minimum Gasteiger partial charge on any atom is -0.493 e. The predicted molar refractivity (Wildman–Crippen MR) is 106 cm³/mol. The average molecular weight is 396 g/mol. The van der Waals surface area contributed by atoms with Crippen LogP contribution >= 0.6 is 23.8 Å². The first-order valence-electron chi connectivity index (χ1n) is 7.64. The summed E-state index contributed by atoms with van der Waals surface area (Å²) in [6.07, 6.45) is 0.718. The Morgan fingerprint density at radius 3 is 2.54 bits per heavy atom. The van der Waals surface area contributed by atoms with Crippen LogP contribution in [0.1, 0.15) is 5.56 Å². The topological polar surface area (TPSA) is 85.7 Å². The molecule has 2 aromatic carbocycles. The van der Waals surface area contributed by atoms with E-state index >= 15 is 0 Å². The van der Waals surface area contributed by atoms with E-state index in [0.717, 1.165) is 12.0 Å². The number of nitro groups is 1. The van der Waals surface area contributed by atoms with E-state index in [0.29, 0.717) is 28.8 Å². The number of anilines is 1. The fourth-order valence-corrected chi connectivity index (χ4v) is 2.68. The maximum atomic E-state index is 10.7. The summed E-state index contributed by atoms with van der Waals surface area (Å²) >= 11 is 11.3. The Morgan fingerprint density at radius 1 is 1.19 bits per heavy atom. The summed E-state index contributed by atoms with van der Waals surface area (Å²) in [6, 6.07) is 9.86. The average Bonchev–Trinajstić information content (AvgIpc) is 2.63. The highest BCUT2D eigenvalue weighted by Gasteiger charge is 2.10. The van der Waals surface area contributed by atoms with Gasteiger partial charge in [-0.05, 0) is 42.4 Å². The van der Waals surface area contributed by atoms with Gasteiger partial charge in [0.25, 0.3) is 5.69 Å². The van der Waals surface area contributed by atoms with Crippen molar-refractivity contribution >= 4 is 40.3 Å². The Kier molecular flexibility index (Phi) is 6.99. The van der Waals surface area contributed by atoms with Crippen LogP contribution in [0.4, 0.5) is 11.4 Å². The zero-order valence-electron chi connectivity index (χ0n) is 14.2. The number of methoxy groups -OCH3 is 2. The highest BCUT2D eigenvalue weighted by atomic mass is 35.5. The molecule has 0 atom stereocenters. The van der Waals surface area contributed by atoms with E-state index in [2.05, 4.69) is 10.6 Å². The third kappa shape index (κ3) is 5.21. The lowest BCUT2D eigenvalue weighted by Crippen LogP contribution is -2.30. The zero-order chi connectivity index (χ0) is 19.1. The quantitative estimate of drug-likeness (QED) is 0.419. The van der Waals surface area contributed by atoms with Crippen LogP contribution in [0.3, 0.4) is 0 Å². The van der Waals surface area contributed by atoms with Crippen LogP contribution in [0.5, 0.6) is 11.5 Å². The van der Waals surface area contributed by atoms with Crippen molar-refractivity contribution in [1.29, 1.82) is 0 Å². The molecular formula is C17H18ClN3O4S. The molecule has 0 aliphatic heterocycles. The van der Waals surface area contributed by atoms with Gasteiger partial charge in [-0.2, -0.15) is 0 Å². The SMILES string of the molecule is COc1ccc(CCNC(=S)Nc2ccc([N+](=O)[O-])cc2Cl)cc1OC. The fraction of sp³-hybridized carbons (Fsp3) is 0.235. The molecule has 0 amide bonds. The van der Waals surface area contributed by atoms with Gasteiger partial charge in [-0.3, -0.25) is 10.1 Å². The summed E-state index contributed by atoms with van der Waals surface area (Å²) < 4.78 is 10.5. The van der Waals surface area contributed by atoms with Gasteiger partial charge in [0, 0.05) is 18.7 Å². The van der Waals surface area contributed by atoms with Gasteiger partial charge >= 0.3 is 0 Å². The van der Waals surface area contributed by atoms with E-state index in [-0.39, 0.29) is 10.7 Å². The van der Waals surface area contributed by atoms with Crippen molar-refractivity contribution in [2.45, 2.75) is 6.42 Å². The van der Waals surface area contributed by atoms with Crippen molar-refractivity contribution in [3.8, 4) is 11.5 Å². The van der Waals surface area contributed by atoms with E-state index in [1.807, 2.05) is 18.2 Å². The van der Waals surface area contributed by atoms with Crippen LogP contribution < -0.4 is 20.1 Å². The van der Waals surface area contributed by atoms with Crippen molar-refractivity contribution in [2.24, 2.45) is 0 Å². The maximum Gasteiger partial charge on any atom is 0.271 e. The highest BCUT2D eigenvalue weighted by molar-refractivity contribution is 7.80. The molecule has 0 spiro atoms. The number of nitro benzene ring substituents is 1. The molecule has 0 saturated heterocycles. The zero-order valence-corrected chi connectivity index (χ0v) is 15.8. The molecule has 0 aromatic heterocycles. The normalized spacial score (nSPS) is 10.1. The Bertz CT molecular complexity index is 817. The Balaban J connectivity index is 1.88. The monoisotopic (exact) mass is 395 g/mol. The molecule has 138 valence electrons. The number of non-ortho nitro benzene ring substituents is 1. The minimum atomic E-state index is -0.505. The molecule has 2 aromatic rings. The first-order chi connectivity index (χ1) is 12.4. The second-order valence-electron chi connectivity index (χ2n) is 5.24. The van der Waals surface area contributed by atoms with Crippen molar-refractivity contribution in [3.63, 3.8) is 0 Å². The molecule has 0 heterocycles. The summed E-state index contributed by atoms with van der Waals surface area (Å²) in [7, 11) is 3.18. The number of halogens is 1. The Morgan fingerprint density at radius 2 is 1.92 bits per heavy atom. The minimum absolute atomic E-state index is 0.0760. The molecule has 7 nitrogen and oxygen atoms in total. The lowest BCUT2D eigenvalue weighted by molar-refractivity contribution is -0.384. The van der Waals surface area contributed by atoms with Crippen molar-refractivity contribution in [3.05, 3.63) is 57.1 Å². The summed E-state index contributed by atoms with van der Waals surface area (Å²) in [5, 5.41) is 17.3. The first-order valence-corrected chi connectivity index (χ1v) is 8.43. The van der Waals surface area contributed by atoms with Crippen LogP contribution in [0, 0.1) is 10.1 Å². The van der Waals surface area contributed by atoms with Gasteiger partial charge in [0.05, 0.1) is 29.9 Å². The van der Waals surface area contributed by atoms with Crippen molar-refractivity contribution in [2.75, 3.05) is 26.1 Å². The van der Waals surface area contributed by atoms with Crippen molar-refractivity contribution < 1.29 is 14.4 Å². The molecule has 0 aliphatic rings. The molecule has 26 heavy (non-hydrogen) atoms. The Hall–Kier alpha value is -2.58. The van der Waals surface area contributed by atoms with E-state index < -0.39 is 4.92 Å². The summed E-state index contributed by atoms with van der Waals surface area (Å²) in [4.78, 5) is 10.2. The molecule has 0 unspecified atom stereocenters.